The predicted octanol–water partition coefficient (Wildman–Crippen LogP) is 10.9. The van der Waals surface area contributed by atoms with Crippen molar-refractivity contribution in [1.29, 1.82) is 0 Å². The van der Waals surface area contributed by atoms with Gasteiger partial charge in [0.05, 0.1) is 0 Å². The summed E-state index contributed by atoms with van der Waals surface area (Å²) in [6, 6.07) is 6.46. The summed E-state index contributed by atoms with van der Waals surface area (Å²) in [6.45, 7) is 0. The number of aromatic nitrogens is 2. The molecule has 6 saturated carbocycles. The molecule has 0 saturated heterocycles. The van der Waals surface area contributed by atoms with E-state index in [0.29, 0.717) is 36.3 Å². The van der Waals surface area contributed by atoms with Crippen LogP contribution in [0.15, 0.2) is 6.07 Å². The molecule has 6 aliphatic rings. The van der Waals surface area contributed by atoms with E-state index in [1.165, 1.54) is 204 Å². The first-order chi connectivity index (χ1) is 22.3. The first-order valence-corrected chi connectivity index (χ1v) is 20.6. The average Bonchev–Trinajstić information content (AvgIpc) is 3.12. The minimum absolute atomic E-state index is 0.626. The van der Waals surface area contributed by atoms with Gasteiger partial charge in [-0.1, -0.05) is 116 Å². The van der Waals surface area contributed by atoms with Crippen molar-refractivity contribution in [3.05, 3.63) is 6.07 Å². The maximum absolute atomic E-state index is 5.82. The van der Waals surface area contributed by atoms with E-state index in [2.05, 4.69) is 20.8 Å². The monoisotopic (exact) mass is 618 g/mol. The van der Waals surface area contributed by atoms with E-state index >= 15 is 0 Å². The van der Waals surface area contributed by atoms with Crippen LogP contribution in [0.3, 0.4) is 0 Å². The molecule has 0 spiro atoms. The lowest BCUT2D eigenvalue weighted by Crippen LogP contribution is -2.49. The van der Waals surface area contributed by atoms with E-state index in [0.717, 1.165) is 5.95 Å². The van der Waals surface area contributed by atoms with Crippen molar-refractivity contribution < 1.29 is 0 Å². The lowest BCUT2D eigenvalue weighted by Gasteiger charge is -2.46. The van der Waals surface area contributed by atoms with Crippen LogP contribution in [0, 0.1) is 0 Å². The van der Waals surface area contributed by atoms with Gasteiger partial charge in [0.15, 0.2) is 0 Å². The molecule has 0 radical (unpaired) electrons. The number of hydrogen-bond donors (Lipinski definition) is 0. The van der Waals surface area contributed by atoms with Crippen LogP contribution in [0.25, 0.3) is 0 Å². The van der Waals surface area contributed by atoms with Crippen molar-refractivity contribution in [3.8, 4) is 0 Å². The summed E-state index contributed by atoms with van der Waals surface area (Å²) in [5, 5.41) is 0. The van der Waals surface area contributed by atoms with E-state index < -0.39 is 0 Å². The Bertz CT molecular complexity index is 813. The van der Waals surface area contributed by atoms with Crippen LogP contribution in [0.5, 0.6) is 0 Å². The zero-order chi connectivity index (χ0) is 30.3. The Morgan fingerprint density at radius 2 is 0.533 bits per heavy atom. The Balaban J connectivity index is 1.35. The summed E-state index contributed by atoms with van der Waals surface area (Å²) >= 11 is 0. The highest BCUT2D eigenvalue weighted by Crippen LogP contribution is 2.41. The molecule has 5 heteroatoms. The second-order valence-corrected chi connectivity index (χ2v) is 16.4. The van der Waals surface area contributed by atoms with E-state index in [1.807, 2.05) is 0 Å². The number of nitrogens with zero attached hydrogens (tertiary/aromatic N) is 5. The fraction of sp³-hybridized carbons (Fsp3) is 0.900. The quantitative estimate of drug-likeness (QED) is 0.275. The number of hydrogen-bond acceptors (Lipinski definition) is 5. The topological polar surface area (TPSA) is 35.5 Å². The van der Waals surface area contributed by atoms with Crippen molar-refractivity contribution >= 4 is 17.6 Å². The summed E-state index contributed by atoms with van der Waals surface area (Å²) in [4.78, 5) is 20.4. The highest BCUT2D eigenvalue weighted by atomic mass is 15.4. The Morgan fingerprint density at radius 3 is 0.778 bits per heavy atom. The lowest BCUT2D eigenvalue weighted by atomic mass is 9.88. The molecule has 6 fully saturated rings. The van der Waals surface area contributed by atoms with E-state index in [1.54, 1.807) is 0 Å². The van der Waals surface area contributed by atoms with Gasteiger partial charge in [0.25, 0.3) is 0 Å². The normalized spacial score (nSPS) is 26.1. The van der Waals surface area contributed by atoms with Gasteiger partial charge in [0, 0.05) is 42.3 Å². The smallest absolute Gasteiger partial charge is 0.229 e. The third-order valence-corrected chi connectivity index (χ3v) is 13.3. The molecule has 0 aromatic carbocycles. The highest BCUT2D eigenvalue weighted by Gasteiger charge is 2.37. The van der Waals surface area contributed by atoms with Crippen molar-refractivity contribution in [3.63, 3.8) is 0 Å². The van der Waals surface area contributed by atoms with Gasteiger partial charge in [-0.25, -0.2) is 0 Å². The zero-order valence-corrected chi connectivity index (χ0v) is 29.0. The van der Waals surface area contributed by atoms with Gasteiger partial charge in [-0.3, -0.25) is 0 Å². The van der Waals surface area contributed by atoms with E-state index in [4.69, 9.17) is 9.97 Å². The molecule has 0 N–H and O–H groups in total. The molecular formula is C40H67N5. The van der Waals surface area contributed by atoms with Gasteiger partial charge in [-0.05, 0) is 77.0 Å². The van der Waals surface area contributed by atoms with Gasteiger partial charge in [0.2, 0.25) is 5.95 Å². The summed E-state index contributed by atoms with van der Waals surface area (Å²) in [5.41, 5.74) is 0. The molecule has 7 rings (SSSR count). The third kappa shape index (κ3) is 7.80. The lowest BCUT2D eigenvalue weighted by molar-refractivity contribution is 0.328. The molecule has 5 nitrogen and oxygen atoms in total. The first kappa shape index (κ1) is 32.0. The second kappa shape index (κ2) is 16.1. The fourth-order valence-corrected chi connectivity index (χ4v) is 10.9. The summed E-state index contributed by atoms with van der Waals surface area (Å²) in [5.74, 6) is 3.78. The molecule has 0 unspecified atom stereocenters. The van der Waals surface area contributed by atoms with E-state index in [9.17, 15) is 0 Å². The molecule has 45 heavy (non-hydrogen) atoms. The third-order valence-electron chi connectivity index (χ3n) is 13.3. The average molecular weight is 618 g/mol. The summed E-state index contributed by atoms with van der Waals surface area (Å²) < 4.78 is 0. The van der Waals surface area contributed by atoms with Gasteiger partial charge in [-0.15, -0.1) is 0 Å². The van der Waals surface area contributed by atoms with Crippen LogP contribution in [-0.2, 0) is 0 Å². The fourth-order valence-electron chi connectivity index (χ4n) is 10.9. The molecule has 1 aromatic heterocycles. The minimum Gasteiger partial charge on any atom is -0.350 e. The van der Waals surface area contributed by atoms with Crippen LogP contribution in [0.2, 0.25) is 0 Å². The predicted molar refractivity (Wildman–Crippen MR) is 191 cm³/mol. The van der Waals surface area contributed by atoms with Crippen LogP contribution < -0.4 is 14.7 Å². The Morgan fingerprint density at radius 1 is 0.311 bits per heavy atom. The van der Waals surface area contributed by atoms with Crippen molar-refractivity contribution in [2.75, 3.05) is 14.7 Å². The number of anilines is 3. The molecular weight excluding hydrogens is 550 g/mol. The largest absolute Gasteiger partial charge is 0.350 e. The molecule has 0 bridgehead atoms. The molecule has 1 aromatic rings. The van der Waals surface area contributed by atoms with Gasteiger partial charge in [0.1, 0.15) is 11.6 Å². The molecule has 1 heterocycles. The summed E-state index contributed by atoms with van der Waals surface area (Å²) in [6.07, 6.45) is 41.4. The molecule has 0 atom stereocenters. The molecule has 0 aliphatic heterocycles. The SMILES string of the molecule is c1c(N(C2CCCCC2)C2CCCCC2)nc(N(C2CCCCC2)C2CCCCC2)nc1N(C1CCCCC1)C1CCCCC1. The minimum atomic E-state index is 0.626. The molecule has 252 valence electrons. The highest BCUT2D eigenvalue weighted by molar-refractivity contribution is 5.58. The van der Waals surface area contributed by atoms with Gasteiger partial charge in [-0.2, -0.15) is 9.97 Å². The Labute approximate surface area is 276 Å². The number of rotatable bonds is 9. The Kier molecular flexibility index (Phi) is 11.4. The second-order valence-electron chi connectivity index (χ2n) is 16.4. The van der Waals surface area contributed by atoms with Crippen molar-refractivity contribution in [1.82, 2.24) is 9.97 Å². The zero-order valence-electron chi connectivity index (χ0n) is 29.0. The van der Waals surface area contributed by atoms with Crippen LogP contribution in [-0.4, -0.2) is 46.2 Å². The maximum Gasteiger partial charge on any atom is 0.229 e. The Hall–Kier alpha value is -1.52. The maximum atomic E-state index is 5.82. The van der Waals surface area contributed by atoms with Crippen LogP contribution in [0.4, 0.5) is 17.6 Å². The van der Waals surface area contributed by atoms with Crippen molar-refractivity contribution in [2.45, 2.75) is 229 Å². The van der Waals surface area contributed by atoms with Gasteiger partial charge >= 0.3 is 0 Å². The molecule has 6 aliphatic carbocycles. The summed E-state index contributed by atoms with van der Waals surface area (Å²) in [7, 11) is 0. The van der Waals surface area contributed by atoms with Crippen LogP contribution >= 0.6 is 0 Å². The van der Waals surface area contributed by atoms with Gasteiger partial charge < -0.3 is 14.7 Å². The van der Waals surface area contributed by atoms with Crippen molar-refractivity contribution in [2.24, 2.45) is 0 Å². The van der Waals surface area contributed by atoms with E-state index in [-0.39, 0.29) is 0 Å². The van der Waals surface area contributed by atoms with Crippen LogP contribution in [0.1, 0.15) is 193 Å². The first-order valence-electron chi connectivity index (χ1n) is 20.6. The standard InChI is InChI=1S/C40H67N5/c1-7-19-32(20-8-1)43(33-21-9-2-10-22-33)38-31-39(44(34-23-11-3-12-24-34)35-25-13-4-14-26-35)42-40(41-38)45(36-27-15-5-16-28-36)37-29-17-6-18-30-37/h31-37H,1-30H2. The molecule has 0 amide bonds.